The second kappa shape index (κ2) is 11.2. The van der Waals surface area contributed by atoms with Crippen LogP contribution >= 0.6 is 24.0 Å². The molecule has 0 atom stereocenters. The van der Waals surface area contributed by atoms with E-state index in [-0.39, 0.29) is 24.0 Å². The number of anilines is 1. The van der Waals surface area contributed by atoms with Crippen molar-refractivity contribution in [3.63, 3.8) is 0 Å². The molecule has 1 fully saturated rings. The fourth-order valence-corrected chi connectivity index (χ4v) is 3.75. The molecule has 9 heteroatoms. The molecule has 8 nitrogen and oxygen atoms in total. The van der Waals surface area contributed by atoms with Crippen molar-refractivity contribution in [2.45, 2.75) is 32.4 Å². The second-order valence-corrected chi connectivity index (χ2v) is 7.55. The molecule has 2 N–H and O–H groups in total. The van der Waals surface area contributed by atoms with Gasteiger partial charge in [0.05, 0.1) is 12.8 Å². The van der Waals surface area contributed by atoms with Gasteiger partial charge in [-0.05, 0) is 49.1 Å². The number of benzene rings is 1. The highest BCUT2D eigenvalue weighted by molar-refractivity contribution is 14.0. The van der Waals surface area contributed by atoms with Crippen LogP contribution in [0.1, 0.15) is 30.7 Å². The van der Waals surface area contributed by atoms with Crippen molar-refractivity contribution in [3.8, 4) is 11.6 Å². The maximum Gasteiger partial charge on any atom is 0.216 e. The van der Waals surface area contributed by atoms with Crippen LogP contribution in [0.3, 0.4) is 0 Å². The maximum atomic E-state index is 5.33. The van der Waals surface area contributed by atoms with E-state index in [0.29, 0.717) is 18.1 Å². The number of aromatic nitrogens is 3. The number of aliphatic imine (C=N–C) groups is 1. The zero-order valence-corrected chi connectivity index (χ0v) is 20.4. The average Bonchev–Trinajstić information content (AvgIpc) is 3.47. The first kappa shape index (κ1) is 23.1. The number of piperidine rings is 1. The van der Waals surface area contributed by atoms with Crippen molar-refractivity contribution in [1.29, 1.82) is 0 Å². The summed E-state index contributed by atoms with van der Waals surface area (Å²) in [6.45, 7) is 3.60. The first-order valence-corrected chi connectivity index (χ1v) is 10.4. The Labute approximate surface area is 200 Å². The third-order valence-electron chi connectivity index (χ3n) is 5.34. The van der Waals surface area contributed by atoms with Gasteiger partial charge < -0.3 is 19.5 Å². The number of furan rings is 1. The molecule has 0 bridgehead atoms. The van der Waals surface area contributed by atoms with Crippen LogP contribution in [-0.4, -0.2) is 53.2 Å². The Bertz CT molecular complexity index is 947. The molecule has 0 spiro atoms. The van der Waals surface area contributed by atoms with E-state index in [2.05, 4.69) is 59.6 Å². The zero-order valence-electron chi connectivity index (χ0n) is 18.0. The number of guanidine groups is 1. The van der Waals surface area contributed by atoms with Gasteiger partial charge in [0.2, 0.25) is 5.82 Å². The van der Waals surface area contributed by atoms with Gasteiger partial charge in [-0.1, -0.05) is 12.1 Å². The van der Waals surface area contributed by atoms with Crippen LogP contribution in [0.5, 0.6) is 0 Å². The Hall–Kier alpha value is -2.56. The molecule has 3 aromatic rings. The normalized spacial score (nSPS) is 14.3. The molecular weight excluding hydrogens is 505 g/mol. The van der Waals surface area contributed by atoms with E-state index in [0.717, 1.165) is 18.3 Å². The Morgan fingerprint density at radius 1 is 1.19 bits per heavy atom. The van der Waals surface area contributed by atoms with E-state index in [1.165, 1.54) is 43.6 Å². The van der Waals surface area contributed by atoms with Gasteiger partial charge in [-0.3, -0.25) is 10.1 Å². The zero-order chi connectivity index (χ0) is 20.8. The topological polar surface area (TPSA) is 85.6 Å². The van der Waals surface area contributed by atoms with Crippen LogP contribution in [0.2, 0.25) is 0 Å². The van der Waals surface area contributed by atoms with Crippen LogP contribution in [0, 0.1) is 0 Å². The summed E-state index contributed by atoms with van der Waals surface area (Å²) in [7, 11) is 3.81. The first-order chi connectivity index (χ1) is 14.7. The average molecular weight is 535 g/mol. The monoisotopic (exact) mass is 535 g/mol. The lowest BCUT2D eigenvalue weighted by Gasteiger charge is -2.29. The van der Waals surface area contributed by atoms with Crippen LogP contribution in [0.15, 0.2) is 52.1 Å². The van der Waals surface area contributed by atoms with Gasteiger partial charge in [0.15, 0.2) is 11.7 Å². The summed E-state index contributed by atoms with van der Waals surface area (Å²) in [4.78, 5) is 13.4. The van der Waals surface area contributed by atoms with E-state index in [1.807, 2.05) is 19.2 Å². The molecule has 1 saturated heterocycles. The van der Waals surface area contributed by atoms with E-state index in [4.69, 9.17) is 4.42 Å². The Balaban J connectivity index is 0.00000272. The van der Waals surface area contributed by atoms with E-state index in [1.54, 1.807) is 13.3 Å². The van der Waals surface area contributed by atoms with Gasteiger partial charge in [0.1, 0.15) is 5.82 Å². The molecule has 4 rings (SSSR count). The number of nitrogens with one attached hydrogen (secondary N) is 2. The molecule has 2 aromatic heterocycles. The van der Waals surface area contributed by atoms with Crippen molar-refractivity contribution in [2.24, 2.45) is 4.99 Å². The Morgan fingerprint density at radius 2 is 1.97 bits per heavy atom. The summed E-state index contributed by atoms with van der Waals surface area (Å²) in [5, 5.41) is 10.5. The fourth-order valence-electron chi connectivity index (χ4n) is 3.75. The number of hydrogen-bond donors (Lipinski definition) is 2. The summed E-state index contributed by atoms with van der Waals surface area (Å²) in [5.41, 5.74) is 2.57. The molecule has 0 amide bonds. The Kier molecular flexibility index (Phi) is 8.33. The van der Waals surface area contributed by atoms with E-state index < -0.39 is 0 Å². The Morgan fingerprint density at radius 3 is 2.65 bits per heavy atom. The molecule has 0 saturated carbocycles. The molecule has 166 valence electrons. The van der Waals surface area contributed by atoms with Crippen molar-refractivity contribution < 1.29 is 4.42 Å². The van der Waals surface area contributed by atoms with Gasteiger partial charge in [-0.2, -0.15) is 0 Å². The smallest absolute Gasteiger partial charge is 0.216 e. The number of hydrogen-bond acceptors (Lipinski definition) is 5. The number of H-pyrrole nitrogens is 1. The minimum atomic E-state index is 0. The summed E-state index contributed by atoms with van der Waals surface area (Å²) < 4.78 is 5.33. The van der Waals surface area contributed by atoms with Crippen molar-refractivity contribution in [3.05, 3.63) is 54.0 Å². The van der Waals surface area contributed by atoms with Gasteiger partial charge in [-0.25, -0.2) is 4.98 Å². The predicted octanol–water partition coefficient (Wildman–Crippen LogP) is 3.88. The highest BCUT2D eigenvalue weighted by Gasteiger charge is 2.13. The molecule has 0 aliphatic carbocycles. The fraction of sp³-hybridized carbons (Fsp3) is 0.409. The standard InChI is InChI=1S/C22H29N7O.HI/c1-23-22(24-15-20-25-21(27-26-20)19-7-6-14-30-19)28(2)16-17-8-10-18(11-9-17)29-12-4-3-5-13-29;/h6-11,14H,3-5,12-13,15-16H2,1-2H3,(H,23,24)(H,25,26,27);1H. The summed E-state index contributed by atoms with van der Waals surface area (Å²) in [5.74, 6) is 2.72. The largest absolute Gasteiger partial charge is 0.461 e. The molecule has 1 aromatic carbocycles. The predicted molar refractivity (Wildman–Crippen MR) is 134 cm³/mol. The molecule has 0 radical (unpaired) electrons. The van der Waals surface area contributed by atoms with Crippen LogP contribution < -0.4 is 10.2 Å². The lowest BCUT2D eigenvalue weighted by Crippen LogP contribution is -2.38. The lowest BCUT2D eigenvalue weighted by molar-refractivity contribution is 0.475. The van der Waals surface area contributed by atoms with Crippen molar-refractivity contribution in [2.75, 3.05) is 32.1 Å². The van der Waals surface area contributed by atoms with Gasteiger partial charge in [-0.15, -0.1) is 29.1 Å². The molecule has 1 aliphatic heterocycles. The minimum Gasteiger partial charge on any atom is -0.461 e. The molecule has 0 unspecified atom stereocenters. The van der Waals surface area contributed by atoms with E-state index in [9.17, 15) is 0 Å². The molecule has 3 heterocycles. The third kappa shape index (κ3) is 5.99. The highest BCUT2D eigenvalue weighted by atomic mass is 127. The quantitative estimate of drug-likeness (QED) is 0.283. The van der Waals surface area contributed by atoms with Crippen LogP contribution in [0.25, 0.3) is 11.6 Å². The van der Waals surface area contributed by atoms with E-state index >= 15 is 0 Å². The third-order valence-corrected chi connectivity index (χ3v) is 5.34. The number of halogens is 1. The van der Waals surface area contributed by atoms with Crippen molar-refractivity contribution in [1.82, 2.24) is 25.4 Å². The molecule has 1 aliphatic rings. The summed E-state index contributed by atoms with van der Waals surface area (Å²) in [6, 6.07) is 12.5. The summed E-state index contributed by atoms with van der Waals surface area (Å²) >= 11 is 0. The second-order valence-electron chi connectivity index (χ2n) is 7.55. The lowest BCUT2D eigenvalue weighted by atomic mass is 10.1. The SMILES string of the molecule is CN=C(NCc1nc(-c2ccco2)n[nH]1)N(C)Cc1ccc(N2CCCCC2)cc1.I. The maximum absolute atomic E-state index is 5.33. The number of rotatable bonds is 6. The van der Waals surface area contributed by atoms with Crippen LogP contribution in [0.4, 0.5) is 5.69 Å². The molecular formula is C22H30IN7O. The van der Waals surface area contributed by atoms with Crippen LogP contribution in [-0.2, 0) is 13.1 Å². The highest BCUT2D eigenvalue weighted by Crippen LogP contribution is 2.20. The molecule has 31 heavy (non-hydrogen) atoms. The van der Waals surface area contributed by atoms with Gasteiger partial charge in [0, 0.05) is 39.4 Å². The summed E-state index contributed by atoms with van der Waals surface area (Å²) in [6.07, 6.45) is 5.55. The van der Waals surface area contributed by atoms with Crippen molar-refractivity contribution >= 4 is 35.6 Å². The number of nitrogens with zero attached hydrogens (tertiary/aromatic N) is 5. The number of aromatic amines is 1. The van der Waals surface area contributed by atoms with Gasteiger partial charge in [0.25, 0.3) is 0 Å². The van der Waals surface area contributed by atoms with Gasteiger partial charge >= 0.3 is 0 Å². The first-order valence-electron chi connectivity index (χ1n) is 10.4. The minimum absolute atomic E-state index is 0.